The van der Waals surface area contributed by atoms with Gasteiger partial charge in [-0.3, -0.25) is 4.79 Å². The molecule has 0 saturated heterocycles. The monoisotopic (exact) mass is 445 g/mol. The summed E-state index contributed by atoms with van der Waals surface area (Å²) in [5.41, 5.74) is 3.28. The summed E-state index contributed by atoms with van der Waals surface area (Å²) >= 11 is 0. The molecule has 2 nitrogen and oxygen atoms in total. The smallest absolute Gasteiger partial charge is 0.172 e. The number of rotatable bonds is 7. The first kappa shape index (κ1) is 21.6. The quantitative estimate of drug-likeness (QED) is 0.259. The van der Waals surface area contributed by atoms with E-state index in [2.05, 4.69) is 29.6 Å². The van der Waals surface area contributed by atoms with Gasteiger partial charge in [-0.1, -0.05) is 103 Å². The summed E-state index contributed by atoms with van der Waals surface area (Å²) in [6.07, 6.45) is 0. The second kappa shape index (κ2) is 9.72. The summed E-state index contributed by atoms with van der Waals surface area (Å²) in [5, 5.41) is 5.87. The van der Waals surface area contributed by atoms with Crippen LogP contribution in [0.4, 0.5) is 10.1 Å². The van der Waals surface area contributed by atoms with Crippen molar-refractivity contribution in [2.24, 2.45) is 0 Å². The third kappa shape index (κ3) is 4.60. The van der Waals surface area contributed by atoms with E-state index in [1.54, 1.807) is 12.1 Å². The molecule has 5 aromatic rings. The van der Waals surface area contributed by atoms with Crippen molar-refractivity contribution in [3.8, 4) is 0 Å². The summed E-state index contributed by atoms with van der Waals surface area (Å²) in [7, 11) is 0. The second-order valence-electron chi connectivity index (χ2n) is 8.35. The molecule has 0 fully saturated rings. The Balaban J connectivity index is 1.63. The Morgan fingerprint density at radius 3 is 1.94 bits per heavy atom. The second-order valence-corrected chi connectivity index (χ2v) is 8.35. The van der Waals surface area contributed by atoms with Crippen molar-refractivity contribution in [1.29, 1.82) is 0 Å². The van der Waals surface area contributed by atoms with Gasteiger partial charge in [-0.15, -0.1) is 0 Å². The Kier molecular flexibility index (Phi) is 6.17. The molecule has 0 spiro atoms. The fourth-order valence-electron chi connectivity index (χ4n) is 4.43. The van der Waals surface area contributed by atoms with Crippen LogP contribution in [0, 0.1) is 5.82 Å². The van der Waals surface area contributed by atoms with E-state index in [1.165, 1.54) is 12.1 Å². The molecule has 5 aromatic carbocycles. The van der Waals surface area contributed by atoms with Gasteiger partial charge in [-0.05, 0) is 46.2 Å². The highest BCUT2D eigenvalue weighted by Gasteiger charge is 2.32. The molecule has 0 aliphatic carbocycles. The minimum absolute atomic E-state index is 0.00872. The highest BCUT2D eigenvalue weighted by Crippen LogP contribution is 2.37. The average molecular weight is 446 g/mol. The zero-order valence-corrected chi connectivity index (χ0v) is 18.6. The van der Waals surface area contributed by atoms with Crippen molar-refractivity contribution in [1.82, 2.24) is 0 Å². The number of hydrogen-bond donors (Lipinski definition) is 1. The molecule has 2 unspecified atom stereocenters. The van der Waals surface area contributed by atoms with Crippen molar-refractivity contribution < 1.29 is 9.18 Å². The molecule has 0 aliphatic heterocycles. The number of ketones is 1. The van der Waals surface area contributed by atoms with E-state index in [9.17, 15) is 9.18 Å². The van der Waals surface area contributed by atoms with E-state index < -0.39 is 12.0 Å². The molecule has 0 radical (unpaired) electrons. The Labute approximate surface area is 198 Å². The maximum absolute atomic E-state index is 13.9. The van der Waals surface area contributed by atoms with Crippen LogP contribution in [0.25, 0.3) is 10.8 Å². The van der Waals surface area contributed by atoms with Crippen LogP contribution in [0.2, 0.25) is 0 Å². The molecule has 34 heavy (non-hydrogen) atoms. The van der Waals surface area contributed by atoms with Crippen LogP contribution in [0.15, 0.2) is 127 Å². The molecule has 5 rings (SSSR count). The van der Waals surface area contributed by atoms with Gasteiger partial charge in [0.25, 0.3) is 0 Å². The maximum atomic E-state index is 13.9. The molecular weight excluding hydrogens is 421 g/mol. The first-order valence-electron chi connectivity index (χ1n) is 11.3. The predicted octanol–water partition coefficient (Wildman–Crippen LogP) is 7.80. The molecule has 0 amide bonds. The van der Waals surface area contributed by atoms with E-state index >= 15 is 0 Å². The van der Waals surface area contributed by atoms with Gasteiger partial charge in [0, 0.05) is 11.3 Å². The largest absolute Gasteiger partial charge is 0.377 e. The number of carbonyl (C=O) groups is 1. The molecule has 0 bridgehead atoms. The number of benzene rings is 5. The van der Waals surface area contributed by atoms with Crippen LogP contribution >= 0.6 is 0 Å². The van der Waals surface area contributed by atoms with Gasteiger partial charge >= 0.3 is 0 Å². The zero-order valence-electron chi connectivity index (χ0n) is 18.6. The van der Waals surface area contributed by atoms with Gasteiger partial charge < -0.3 is 5.32 Å². The standard InChI is InChI=1S/C31H24FNO/c32-27-18-15-24(16-19-27)30(33-28-20-17-22-9-7-8-14-26(22)21-28)29(23-10-3-1-4-11-23)31(34)25-12-5-2-6-13-25/h1-21,29-30,33H. The number of fused-ring (bicyclic) bond motifs is 1. The lowest BCUT2D eigenvalue weighted by Gasteiger charge is -2.29. The fraction of sp³-hybridized carbons (Fsp3) is 0.0645. The van der Waals surface area contributed by atoms with E-state index in [-0.39, 0.29) is 11.6 Å². The van der Waals surface area contributed by atoms with Crippen LogP contribution < -0.4 is 5.32 Å². The number of hydrogen-bond acceptors (Lipinski definition) is 2. The topological polar surface area (TPSA) is 29.1 Å². The lowest BCUT2D eigenvalue weighted by Crippen LogP contribution is -2.26. The Morgan fingerprint density at radius 2 is 1.24 bits per heavy atom. The summed E-state index contributed by atoms with van der Waals surface area (Å²) < 4.78 is 13.8. The first-order valence-corrected chi connectivity index (χ1v) is 11.3. The van der Waals surface area contributed by atoms with Gasteiger partial charge in [0.1, 0.15) is 5.82 Å². The lowest BCUT2D eigenvalue weighted by atomic mass is 9.81. The van der Waals surface area contributed by atoms with Crippen molar-refractivity contribution >= 4 is 22.2 Å². The molecule has 2 atom stereocenters. The number of anilines is 1. The third-order valence-electron chi connectivity index (χ3n) is 6.13. The minimum atomic E-state index is -0.513. The Bertz CT molecular complexity index is 1400. The molecule has 1 N–H and O–H groups in total. The average Bonchev–Trinajstić information content (AvgIpc) is 2.90. The van der Waals surface area contributed by atoms with Crippen molar-refractivity contribution in [2.75, 3.05) is 5.32 Å². The van der Waals surface area contributed by atoms with Crippen LogP contribution in [0.3, 0.4) is 0 Å². The predicted molar refractivity (Wildman–Crippen MR) is 137 cm³/mol. The lowest BCUT2D eigenvalue weighted by molar-refractivity contribution is 0.0950. The molecule has 0 heterocycles. The van der Waals surface area contributed by atoms with Crippen LogP contribution in [-0.4, -0.2) is 5.78 Å². The maximum Gasteiger partial charge on any atom is 0.172 e. The number of halogens is 1. The molecule has 0 aliphatic rings. The van der Waals surface area contributed by atoms with Gasteiger partial charge in [-0.25, -0.2) is 4.39 Å². The van der Waals surface area contributed by atoms with Crippen LogP contribution in [0.5, 0.6) is 0 Å². The number of Topliss-reactive ketones (excluding diaryl/α,β-unsaturated/α-hetero) is 1. The van der Waals surface area contributed by atoms with E-state index in [0.717, 1.165) is 27.6 Å². The highest BCUT2D eigenvalue weighted by atomic mass is 19.1. The Hall–Kier alpha value is -4.24. The first-order chi connectivity index (χ1) is 16.7. The highest BCUT2D eigenvalue weighted by molar-refractivity contribution is 6.02. The number of nitrogens with one attached hydrogen (secondary N) is 1. The molecular formula is C31H24FNO. The van der Waals surface area contributed by atoms with Gasteiger partial charge in [0.05, 0.1) is 12.0 Å². The third-order valence-corrected chi connectivity index (χ3v) is 6.13. The minimum Gasteiger partial charge on any atom is -0.377 e. The van der Waals surface area contributed by atoms with Crippen LogP contribution in [-0.2, 0) is 0 Å². The molecule has 0 aromatic heterocycles. The Morgan fingerprint density at radius 1 is 0.618 bits per heavy atom. The molecule has 166 valence electrons. The van der Waals surface area contributed by atoms with Gasteiger partial charge in [0.15, 0.2) is 5.78 Å². The molecule has 3 heteroatoms. The fourth-order valence-corrected chi connectivity index (χ4v) is 4.43. The molecule has 0 saturated carbocycles. The van der Waals surface area contributed by atoms with Gasteiger partial charge in [-0.2, -0.15) is 0 Å². The normalized spacial score (nSPS) is 12.7. The summed E-state index contributed by atoms with van der Waals surface area (Å²) in [5.74, 6) is -0.811. The van der Waals surface area contributed by atoms with Crippen molar-refractivity contribution in [3.05, 3.63) is 150 Å². The van der Waals surface area contributed by atoms with E-state index in [4.69, 9.17) is 0 Å². The number of carbonyl (C=O) groups excluding carboxylic acids is 1. The van der Waals surface area contributed by atoms with Crippen molar-refractivity contribution in [3.63, 3.8) is 0 Å². The van der Waals surface area contributed by atoms with E-state index in [0.29, 0.717) is 5.56 Å². The SMILES string of the molecule is O=C(c1ccccc1)C(c1ccccc1)C(Nc1ccc2ccccc2c1)c1ccc(F)cc1. The van der Waals surface area contributed by atoms with Crippen LogP contribution in [0.1, 0.15) is 33.4 Å². The van der Waals surface area contributed by atoms with Crippen molar-refractivity contribution in [2.45, 2.75) is 12.0 Å². The summed E-state index contributed by atoms with van der Waals surface area (Å²) in [6, 6.07) is 39.4. The summed E-state index contributed by atoms with van der Waals surface area (Å²) in [6.45, 7) is 0. The summed E-state index contributed by atoms with van der Waals surface area (Å²) in [4.78, 5) is 13.9. The van der Waals surface area contributed by atoms with E-state index in [1.807, 2.05) is 78.9 Å². The van der Waals surface area contributed by atoms with Gasteiger partial charge in [0.2, 0.25) is 0 Å². The zero-order chi connectivity index (χ0) is 23.3.